The SMILES string of the molecule is C#CCOCC1CCC(Cl)CC1Cl. The van der Waals surface area contributed by atoms with Crippen LogP contribution in [0.5, 0.6) is 0 Å². The molecule has 1 aliphatic carbocycles. The topological polar surface area (TPSA) is 9.23 Å². The summed E-state index contributed by atoms with van der Waals surface area (Å²) in [6.45, 7) is 1.05. The van der Waals surface area contributed by atoms with Gasteiger partial charge < -0.3 is 4.74 Å². The molecule has 74 valence electrons. The Balaban J connectivity index is 2.22. The van der Waals surface area contributed by atoms with Crippen LogP contribution in [-0.2, 0) is 4.74 Å². The van der Waals surface area contributed by atoms with Crippen LogP contribution in [0, 0.1) is 18.3 Å². The Bertz CT molecular complexity index is 188. The standard InChI is InChI=1S/C10H14Cl2O/c1-2-5-13-7-8-3-4-9(11)6-10(8)12/h1,8-10H,3-7H2. The van der Waals surface area contributed by atoms with Gasteiger partial charge in [0.05, 0.1) is 6.61 Å². The van der Waals surface area contributed by atoms with E-state index in [4.69, 9.17) is 34.4 Å². The van der Waals surface area contributed by atoms with Crippen LogP contribution >= 0.6 is 23.2 Å². The highest BCUT2D eigenvalue weighted by molar-refractivity contribution is 6.23. The minimum atomic E-state index is 0.147. The average molecular weight is 221 g/mol. The van der Waals surface area contributed by atoms with Crippen molar-refractivity contribution in [2.75, 3.05) is 13.2 Å². The number of hydrogen-bond acceptors (Lipinski definition) is 1. The van der Waals surface area contributed by atoms with E-state index in [1.807, 2.05) is 0 Å². The molecule has 1 saturated carbocycles. The molecule has 0 spiro atoms. The van der Waals surface area contributed by atoms with E-state index in [9.17, 15) is 0 Å². The van der Waals surface area contributed by atoms with Crippen LogP contribution in [-0.4, -0.2) is 24.0 Å². The van der Waals surface area contributed by atoms with E-state index >= 15 is 0 Å². The van der Waals surface area contributed by atoms with Crippen molar-refractivity contribution in [3.63, 3.8) is 0 Å². The third-order valence-electron chi connectivity index (χ3n) is 2.36. The van der Waals surface area contributed by atoms with Crippen LogP contribution in [0.15, 0.2) is 0 Å². The number of rotatable bonds is 3. The van der Waals surface area contributed by atoms with Crippen molar-refractivity contribution in [3.8, 4) is 12.3 Å². The molecule has 1 rings (SSSR count). The van der Waals surface area contributed by atoms with Gasteiger partial charge >= 0.3 is 0 Å². The highest BCUT2D eigenvalue weighted by Gasteiger charge is 2.27. The van der Waals surface area contributed by atoms with Crippen molar-refractivity contribution in [3.05, 3.63) is 0 Å². The smallest absolute Gasteiger partial charge is 0.107 e. The molecule has 0 saturated heterocycles. The Hall–Kier alpha value is 0.100. The molecule has 1 nitrogen and oxygen atoms in total. The van der Waals surface area contributed by atoms with Gasteiger partial charge in [-0.2, -0.15) is 0 Å². The summed E-state index contributed by atoms with van der Waals surface area (Å²) < 4.78 is 5.26. The summed E-state index contributed by atoms with van der Waals surface area (Å²) in [6.07, 6.45) is 8.04. The molecule has 0 aromatic heterocycles. The predicted molar refractivity (Wildman–Crippen MR) is 56.3 cm³/mol. The van der Waals surface area contributed by atoms with Gasteiger partial charge in [-0.05, 0) is 25.2 Å². The highest BCUT2D eigenvalue weighted by atomic mass is 35.5. The molecular formula is C10H14Cl2O. The van der Waals surface area contributed by atoms with E-state index < -0.39 is 0 Å². The Morgan fingerprint density at radius 3 is 2.77 bits per heavy atom. The molecular weight excluding hydrogens is 207 g/mol. The quantitative estimate of drug-likeness (QED) is 0.404. The molecule has 0 amide bonds. The normalized spacial score (nSPS) is 34.1. The number of terminal acetylenes is 1. The van der Waals surface area contributed by atoms with Crippen LogP contribution in [0.25, 0.3) is 0 Å². The molecule has 0 aromatic carbocycles. The molecule has 0 heterocycles. The Labute approximate surface area is 89.7 Å². The molecule has 13 heavy (non-hydrogen) atoms. The number of hydrogen-bond donors (Lipinski definition) is 0. The maximum Gasteiger partial charge on any atom is 0.107 e. The van der Waals surface area contributed by atoms with Crippen LogP contribution in [0.2, 0.25) is 0 Å². The van der Waals surface area contributed by atoms with Gasteiger partial charge in [-0.25, -0.2) is 0 Å². The molecule has 1 fully saturated rings. The van der Waals surface area contributed by atoms with E-state index in [2.05, 4.69) is 5.92 Å². The number of halogens is 2. The van der Waals surface area contributed by atoms with Crippen molar-refractivity contribution >= 4 is 23.2 Å². The van der Waals surface area contributed by atoms with Crippen molar-refractivity contribution in [2.45, 2.75) is 30.0 Å². The third-order valence-corrected chi connectivity index (χ3v) is 3.29. The second-order valence-corrected chi connectivity index (χ2v) is 4.58. The maximum atomic E-state index is 6.14. The zero-order chi connectivity index (χ0) is 9.68. The van der Waals surface area contributed by atoms with Gasteiger partial charge in [0, 0.05) is 10.8 Å². The minimum Gasteiger partial charge on any atom is -0.368 e. The fourth-order valence-corrected chi connectivity index (χ4v) is 2.41. The molecule has 3 atom stereocenters. The van der Waals surface area contributed by atoms with Gasteiger partial charge in [-0.15, -0.1) is 29.6 Å². The minimum absolute atomic E-state index is 0.147. The predicted octanol–water partition coefficient (Wildman–Crippen LogP) is 2.65. The van der Waals surface area contributed by atoms with Crippen molar-refractivity contribution in [2.24, 2.45) is 5.92 Å². The zero-order valence-corrected chi connectivity index (χ0v) is 9.02. The number of alkyl halides is 2. The maximum absolute atomic E-state index is 6.14. The summed E-state index contributed by atoms with van der Waals surface area (Å²) in [7, 11) is 0. The lowest BCUT2D eigenvalue weighted by Crippen LogP contribution is -2.29. The average Bonchev–Trinajstić information content (AvgIpc) is 2.09. The van der Waals surface area contributed by atoms with E-state index in [-0.39, 0.29) is 10.8 Å². The third kappa shape index (κ3) is 3.77. The summed E-state index contributed by atoms with van der Waals surface area (Å²) in [5.74, 6) is 2.86. The van der Waals surface area contributed by atoms with Crippen molar-refractivity contribution < 1.29 is 4.74 Å². The summed E-state index contributed by atoms with van der Waals surface area (Å²) in [5.41, 5.74) is 0. The largest absolute Gasteiger partial charge is 0.368 e. The lowest BCUT2D eigenvalue weighted by atomic mass is 9.89. The monoisotopic (exact) mass is 220 g/mol. The lowest BCUT2D eigenvalue weighted by Gasteiger charge is -2.29. The molecule has 0 radical (unpaired) electrons. The first kappa shape index (κ1) is 11.2. The first-order chi connectivity index (χ1) is 6.24. The van der Waals surface area contributed by atoms with Gasteiger partial charge in [-0.1, -0.05) is 5.92 Å². The fourth-order valence-electron chi connectivity index (χ4n) is 1.59. The molecule has 3 heteroatoms. The van der Waals surface area contributed by atoms with Crippen LogP contribution < -0.4 is 0 Å². The van der Waals surface area contributed by atoms with Crippen molar-refractivity contribution in [1.82, 2.24) is 0 Å². The van der Waals surface area contributed by atoms with E-state index in [0.29, 0.717) is 19.1 Å². The summed E-state index contributed by atoms with van der Waals surface area (Å²) in [5, 5.41) is 0.389. The molecule has 3 unspecified atom stereocenters. The first-order valence-electron chi connectivity index (χ1n) is 4.53. The Morgan fingerprint density at radius 1 is 1.38 bits per heavy atom. The van der Waals surface area contributed by atoms with Gasteiger partial charge in [0.15, 0.2) is 0 Å². The Kier molecular flexibility index (Phi) is 4.94. The molecule has 0 bridgehead atoms. The fraction of sp³-hybridized carbons (Fsp3) is 0.800. The molecule has 0 aromatic rings. The second-order valence-electron chi connectivity index (χ2n) is 3.41. The van der Waals surface area contributed by atoms with E-state index in [0.717, 1.165) is 19.3 Å². The molecule has 0 aliphatic heterocycles. The summed E-state index contributed by atoms with van der Waals surface area (Å²) in [4.78, 5) is 0. The van der Waals surface area contributed by atoms with Crippen LogP contribution in [0.3, 0.4) is 0 Å². The van der Waals surface area contributed by atoms with Crippen molar-refractivity contribution in [1.29, 1.82) is 0 Å². The van der Waals surface area contributed by atoms with Gasteiger partial charge in [-0.3, -0.25) is 0 Å². The lowest BCUT2D eigenvalue weighted by molar-refractivity contribution is 0.111. The first-order valence-corrected chi connectivity index (χ1v) is 5.40. The van der Waals surface area contributed by atoms with Crippen LogP contribution in [0.1, 0.15) is 19.3 Å². The highest BCUT2D eigenvalue weighted by Crippen LogP contribution is 2.31. The van der Waals surface area contributed by atoms with Gasteiger partial charge in [0.1, 0.15) is 6.61 Å². The van der Waals surface area contributed by atoms with E-state index in [1.54, 1.807) is 0 Å². The number of ether oxygens (including phenoxy) is 1. The van der Waals surface area contributed by atoms with Gasteiger partial charge in [0.2, 0.25) is 0 Å². The summed E-state index contributed by atoms with van der Waals surface area (Å²) >= 11 is 12.1. The Morgan fingerprint density at radius 2 is 2.15 bits per heavy atom. The van der Waals surface area contributed by atoms with E-state index in [1.165, 1.54) is 0 Å². The van der Waals surface area contributed by atoms with Gasteiger partial charge in [0.25, 0.3) is 0 Å². The summed E-state index contributed by atoms with van der Waals surface area (Å²) in [6, 6.07) is 0. The molecule has 0 N–H and O–H groups in total. The molecule has 1 aliphatic rings. The zero-order valence-electron chi connectivity index (χ0n) is 7.51. The second kappa shape index (κ2) is 5.75. The van der Waals surface area contributed by atoms with Crippen LogP contribution in [0.4, 0.5) is 0 Å².